The molecule has 3 saturated heterocycles. The molecule has 3 atom stereocenters. The summed E-state index contributed by atoms with van der Waals surface area (Å²) in [7, 11) is 0. The van der Waals surface area contributed by atoms with Gasteiger partial charge in [-0.05, 0) is 48.8 Å². The number of β-lactam (4-membered cyclic amide) rings is 1. The molecular weight excluding hydrogens is 425 g/mol. The minimum atomic E-state index is -1.21. The van der Waals surface area contributed by atoms with Gasteiger partial charge in [-0.2, -0.15) is 0 Å². The molecule has 2 N–H and O–H groups in total. The third kappa shape index (κ3) is 3.27. The molecule has 0 bridgehead atoms. The van der Waals surface area contributed by atoms with Gasteiger partial charge in [-0.3, -0.25) is 19.3 Å². The summed E-state index contributed by atoms with van der Waals surface area (Å²) >= 11 is 0. The molecule has 0 spiro atoms. The van der Waals surface area contributed by atoms with Crippen LogP contribution in [0.1, 0.15) is 19.8 Å². The molecule has 3 fully saturated rings. The van der Waals surface area contributed by atoms with Crippen LogP contribution >= 0.6 is 0 Å². The number of hydrogen-bond acceptors (Lipinski definition) is 5. The van der Waals surface area contributed by atoms with Gasteiger partial charge in [0.15, 0.2) is 0 Å². The van der Waals surface area contributed by atoms with Crippen LogP contribution in [-0.4, -0.2) is 98.4 Å². The summed E-state index contributed by atoms with van der Waals surface area (Å²) in [4.78, 5) is 54.0. The van der Waals surface area contributed by atoms with Crippen LogP contribution in [-0.2, 0) is 19.2 Å². The summed E-state index contributed by atoms with van der Waals surface area (Å²) < 4.78 is 0. The topological polar surface area (TPSA) is 118 Å². The van der Waals surface area contributed by atoms with Crippen LogP contribution in [0.3, 0.4) is 0 Å². The molecule has 4 aliphatic rings. The zero-order valence-electron chi connectivity index (χ0n) is 17.8. The predicted molar refractivity (Wildman–Crippen MR) is 113 cm³/mol. The van der Waals surface area contributed by atoms with E-state index in [1.807, 2.05) is 0 Å². The van der Waals surface area contributed by atoms with Crippen molar-refractivity contribution in [2.24, 2.45) is 5.92 Å². The minimum absolute atomic E-state index is 0. The van der Waals surface area contributed by atoms with E-state index in [0.29, 0.717) is 42.8 Å². The number of aliphatic carboxylic acids is 1. The van der Waals surface area contributed by atoms with Gasteiger partial charge in [0.1, 0.15) is 17.5 Å². The van der Waals surface area contributed by atoms with E-state index >= 15 is 0 Å². The maximum atomic E-state index is 13.0. The predicted octanol–water partition coefficient (Wildman–Crippen LogP) is 0.475. The standard InChI is InChI=1S/C22H21N3O6.Na/c1-11(26)24-10-14-9-13(18(22(30)31)25-17(14)19(24)21(25)29)8-12-6-7-23(20(12)28)15-2-4-16(27)5-3-15;/h2-5,8,14,17,19,27H,6-7,9-10H2,1H3,(H,30,31);/b12-8+;/t14-,17-,19+;/m1./s1. The van der Waals surface area contributed by atoms with Crippen molar-refractivity contribution < 1.29 is 29.4 Å². The Morgan fingerprint density at radius 1 is 1.16 bits per heavy atom. The number of phenols is 1. The zero-order valence-corrected chi connectivity index (χ0v) is 19.8. The molecule has 10 heteroatoms. The van der Waals surface area contributed by atoms with Crippen LogP contribution in [0, 0.1) is 5.92 Å². The number of allylic oxidation sites excluding steroid dienone is 2. The van der Waals surface area contributed by atoms with E-state index < -0.39 is 12.0 Å². The van der Waals surface area contributed by atoms with E-state index in [-0.39, 0.29) is 70.7 Å². The Hall–Kier alpha value is -2.62. The number of likely N-dealkylation sites (tertiary alicyclic amines) is 1. The molecule has 3 amide bonds. The first-order valence-corrected chi connectivity index (χ1v) is 10.2. The molecule has 0 aromatic heterocycles. The number of carboxylic acids is 1. The Labute approximate surface area is 206 Å². The number of nitrogens with zero attached hydrogens (tertiary/aromatic N) is 3. The monoisotopic (exact) mass is 446 g/mol. The number of aromatic hydroxyl groups is 1. The molecule has 161 valence electrons. The van der Waals surface area contributed by atoms with Gasteiger partial charge in [-0.25, -0.2) is 4.79 Å². The molecule has 9 nitrogen and oxygen atoms in total. The Morgan fingerprint density at radius 2 is 1.84 bits per heavy atom. The molecular formula is C22H21N3NaO6. The molecule has 4 aliphatic heterocycles. The van der Waals surface area contributed by atoms with Crippen LogP contribution < -0.4 is 4.90 Å². The molecule has 1 radical (unpaired) electrons. The number of benzene rings is 1. The fourth-order valence-electron chi connectivity index (χ4n) is 5.26. The normalized spacial score (nSPS) is 27.5. The maximum absolute atomic E-state index is 13.0. The van der Waals surface area contributed by atoms with Crippen molar-refractivity contribution in [3.8, 4) is 5.75 Å². The number of hydrogen-bond donors (Lipinski definition) is 2. The third-order valence-corrected chi connectivity index (χ3v) is 6.63. The van der Waals surface area contributed by atoms with E-state index in [2.05, 4.69) is 0 Å². The van der Waals surface area contributed by atoms with Gasteiger partial charge < -0.3 is 20.0 Å². The molecule has 5 rings (SSSR count). The Bertz CT molecular complexity index is 1100. The Kier molecular flexibility index (Phi) is 5.68. The van der Waals surface area contributed by atoms with Crippen molar-refractivity contribution >= 4 is 58.9 Å². The molecule has 0 unspecified atom stereocenters. The van der Waals surface area contributed by atoms with Crippen molar-refractivity contribution in [1.29, 1.82) is 0 Å². The van der Waals surface area contributed by atoms with Crippen LogP contribution in [0.4, 0.5) is 5.69 Å². The van der Waals surface area contributed by atoms with Gasteiger partial charge in [0.2, 0.25) is 5.91 Å². The van der Waals surface area contributed by atoms with Gasteiger partial charge in [-0.1, -0.05) is 0 Å². The summed E-state index contributed by atoms with van der Waals surface area (Å²) in [5.74, 6) is -1.95. The van der Waals surface area contributed by atoms with E-state index in [9.17, 15) is 29.4 Å². The second kappa shape index (κ2) is 8.06. The minimum Gasteiger partial charge on any atom is -0.508 e. The average Bonchev–Trinajstić information content (AvgIpc) is 3.27. The first kappa shape index (κ1) is 22.6. The van der Waals surface area contributed by atoms with Crippen LogP contribution in [0.25, 0.3) is 0 Å². The fourth-order valence-corrected chi connectivity index (χ4v) is 5.26. The molecule has 1 aromatic rings. The van der Waals surface area contributed by atoms with E-state index in [0.717, 1.165) is 0 Å². The number of anilines is 1. The number of phenolic OH excluding ortho intramolecular Hbond substituents is 1. The smallest absolute Gasteiger partial charge is 0.352 e. The van der Waals surface area contributed by atoms with E-state index in [1.54, 1.807) is 23.1 Å². The van der Waals surface area contributed by atoms with Crippen molar-refractivity contribution in [3.63, 3.8) is 0 Å². The number of carbonyl (C=O) groups is 4. The third-order valence-electron chi connectivity index (χ3n) is 6.63. The summed E-state index contributed by atoms with van der Waals surface area (Å²) in [6.07, 6.45) is 2.45. The molecule has 0 saturated carbocycles. The maximum Gasteiger partial charge on any atom is 0.352 e. The molecule has 4 heterocycles. The number of carbonyl (C=O) groups excluding carboxylic acids is 3. The second-order valence-electron chi connectivity index (χ2n) is 8.35. The van der Waals surface area contributed by atoms with Crippen LogP contribution in [0.15, 0.2) is 47.2 Å². The van der Waals surface area contributed by atoms with Gasteiger partial charge >= 0.3 is 5.97 Å². The largest absolute Gasteiger partial charge is 0.508 e. The van der Waals surface area contributed by atoms with E-state index in [4.69, 9.17) is 0 Å². The average molecular weight is 446 g/mol. The molecule has 0 aliphatic carbocycles. The van der Waals surface area contributed by atoms with Gasteiger partial charge in [-0.15, -0.1) is 0 Å². The van der Waals surface area contributed by atoms with Crippen molar-refractivity contribution in [1.82, 2.24) is 9.80 Å². The van der Waals surface area contributed by atoms with Crippen molar-refractivity contribution in [2.75, 3.05) is 18.0 Å². The van der Waals surface area contributed by atoms with Crippen molar-refractivity contribution in [3.05, 3.63) is 47.2 Å². The van der Waals surface area contributed by atoms with Crippen LogP contribution in [0.5, 0.6) is 5.75 Å². The Morgan fingerprint density at radius 3 is 2.47 bits per heavy atom. The molecule has 32 heavy (non-hydrogen) atoms. The first-order valence-electron chi connectivity index (χ1n) is 10.2. The van der Waals surface area contributed by atoms with Gasteiger partial charge in [0.25, 0.3) is 11.8 Å². The van der Waals surface area contributed by atoms with Gasteiger partial charge in [0.05, 0.1) is 6.04 Å². The first-order chi connectivity index (χ1) is 14.8. The van der Waals surface area contributed by atoms with Crippen molar-refractivity contribution in [2.45, 2.75) is 31.8 Å². The Balaban J connectivity index is 0.00000245. The SMILES string of the molecule is CC(=O)N1C[C@H]2CC(/C=C3\CCN(c4ccc(O)cc4)C3=O)=C(C(=O)O)N3C(=O)[C@@H]1[C@@H]23.[Na]. The number of amides is 3. The summed E-state index contributed by atoms with van der Waals surface area (Å²) in [5, 5.41) is 19.3. The summed E-state index contributed by atoms with van der Waals surface area (Å²) in [6.45, 7) is 2.26. The van der Waals surface area contributed by atoms with Gasteiger partial charge in [0, 0.05) is 66.7 Å². The molecule has 1 aromatic carbocycles. The number of carboxylic acid groups (broad SMARTS) is 1. The summed E-state index contributed by atoms with van der Waals surface area (Å²) in [6, 6.07) is 5.42. The fraction of sp³-hybridized carbons (Fsp3) is 0.364. The number of rotatable bonds is 3. The van der Waals surface area contributed by atoms with Crippen LogP contribution in [0.2, 0.25) is 0 Å². The zero-order chi connectivity index (χ0) is 22.0. The van der Waals surface area contributed by atoms with E-state index in [1.165, 1.54) is 28.9 Å². The summed E-state index contributed by atoms with van der Waals surface area (Å²) in [5.41, 5.74) is 1.49. The second-order valence-corrected chi connectivity index (χ2v) is 8.35. The quantitative estimate of drug-likeness (QED) is 0.396.